The Morgan fingerprint density at radius 1 is 1.29 bits per heavy atom. The summed E-state index contributed by atoms with van der Waals surface area (Å²) >= 11 is 0.969. The lowest BCUT2D eigenvalue weighted by Gasteiger charge is -2.07. The normalized spacial score (nSPS) is 10.8. The third-order valence-corrected chi connectivity index (χ3v) is 3.94. The highest BCUT2D eigenvalue weighted by Gasteiger charge is 2.17. The molecule has 1 amide bonds. The minimum atomic E-state index is -0.346. The zero-order valence-electron chi connectivity index (χ0n) is 11.4. The van der Waals surface area contributed by atoms with Crippen LogP contribution < -0.4 is 10.9 Å². The first-order valence-corrected chi connectivity index (χ1v) is 7.05. The number of nitrogens with zero attached hydrogens (tertiary/aromatic N) is 2. The van der Waals surface area contributed by atoms with Crippen LogP contribution in [0.15, 0.2) is 29.3 Å². The topological polar surface area (TPSA) is 87.7 Å². The standard InChI is InChI=1S/C14H12N4O2S/c1-7-3-4-9(8(2)5-7)17-14(20)12-10-11(18-21-12)13(19)16-6-15-10/h3-6H,1-2H3,(H,17,20)(H,15,16,19). The van der Waals surface area contributed by atoms with E-state index >= 15 is 0 Å². The number of anilines is 1. The minimum absolute atomic E-state index is 0.188. The van der Waals surface area contributed by atoms with Crippen LogP contribution in [0, 0.1) is 13.8 Å². The van der Waals surface area contributed by atoms with Crippen LogP contribution in [0.5, 0.6) is 0 Å². The molecular formula is C14H12N4O2S. The van der Waals surface area contributed by atoms with Gasteiger partial charge in [-0.3, -0.25) is 9.59 Å². The number of carbonyl (C=O) groups excluding carboxylic acids is 1. The summed E-state index contributed by atoms with van der Waals surface area (Å²) < 4.78 is 3.99. The highest BCUT2D eigenvalue weighted by molar-refractivity contribution is 7.09. The molecule has 0 bridgehead atoms. The Kier molecular flexibility index (Phi) is 3.26. The first-order chi connectivity index (χ1) is 10.1. The van der Waals surface area contributed by atoms with Crippen molar-refractivity contribution in [2.24, 2.45) is 0 Å². The zero-order chi connectivity index (χ0) is 15.0. The predicted octanol–water partition coefficient (Wildman–Crippen LogP) is 2.25. The van der Waals surface area contributed by atoms with Crippen LogP contribution in [-0.4, -0.2) is 20.2 Å². The average molecular weight is 300 g/mol. The van der Waals surface area contributed by atoms with Crippen molar-refractivity contribution in [3.8, 4) is 0 Å². The molecule has 21 heavy (non-hydrogen) atoms. The summed E-state index contributed by atoms with van der Waals surface area (Å²) in [7, 11) is 0. The molecule has 0 saturated heterocycles. The molecule has 0 atom stereocenters. The second kappa shape index (κ2) is 5.10. The van der Waals surface area contributed by atoms with Crippen LogP contribution in [0.3, 0.4) is 0 Å². The number of rotatable bonds is 2. The number of hydrogen-bond donors (Lipinski definition) is 2. The van der Waals surface area contributed by atoms with Crippen LogP contribution in [-0.2, 0) is 0 Å². The zero-order valence-corrected chi connectivity index (χ0v) is 12.2. The Bertz CT molecular complexity index is 897. The van der Waals surface area contributed by atoms with E-state index in [2.05, 4.69) is 19.7 Å². The molecule has 106 valence electrons. The third kappa shape index (κ3) is 2.43. The van der Waals surface area contributed by atoms with Crippen molar-refractivity contribution in [2.45, 2.75) is 13.8 Å². The number of benzene rings is 1. The lowest BCUT2D eigenvalue weighted by Crippen LogP contribution is -2.13. The quantitative estimate of drug-likeness (QED) is 0.760. The van der Waals surface area contributed by atoms with E-state index < -0.39 is 0 Å². The fourth-order valence-electron chi connectivity index (χ4n) is 2.06. The molecule has 0 aliphatic carbocycles. The van der Waals surface area contributed by atoms with Crippen LogP contribution in [0.2, 0.25) is 0 Å². The van der Waals surface area contributed by atoms with Gasteiger partial charge in [0.15, 0.2) is 5.52 Å². The summed E-state index contributed by atoms with van der Waals surface area (Å²) in [5.41, 5.74) is 3.00. The molecule has 0 spiro atoms. The maximum Gasteiger partial charge on any atom is 0.278 e. The molecule has 0 saturated carbocycles. The van der Waals surface area contributed by atoms with E-state index in [1.807, 2.05) is 32.0 Å². The molecule has 2 N–H and O–H groups in total. The van der Waals surface area contributed by atoms with Crippen molar-refractivity contribution >= 4 is 34.2 Å². The summed E-state index contributed by atoms with van der Waals surface area (Å²) in [5.74, 6) is -0.312. The van der Waals surface area contributed by atoms with Crippen molar-refractivity contribution in [3.63, 3.8) is 0 Å². The maximum absolute atomic E-state index is 12.3. The van der Waals surface area contributed by atoms with E-state index in [4.69, 9.17) is 0 Å². The SMILES string of the molecule is Cc1ccc(NC(=O)c2snc3c(=O)[nH]cnc23)c(C)c1. The monoisotopic (exact) mass is 300 g/mol. The molecule has 0 aliphatic heterocycles. The molecule has 2 heterocycles. The van der Waals surface area contributed by atoms with E-state index in [-0.39, 0.29) is 17.0 Å². The van der Waals surface area contributed by atoms with Gasteiger partial charge in [-0.1, -0.05) is 17.7 Å². The minimum Gasteiger partial charge on any atom is -0.321 e. The Labute approximate surface area is 124 Å². The van der Waals surface area contributed by atoms with Crippen molar-refractivity contribution in [1.82, 2.24) is 14.3 Å². The third-order valence-electron chi connectivity index (χ3n) is 3.11. The summed E-state index contributed by atoms with van der Waals surface area (Å²) in [4.78, 5) is 30.7. The summed E-state index contributed by atoms with van der Waals surface area (Å²) in [6, 6.07) is 5.77. The highest BCUT2D eigenvalue weighted by Crippen LogP contribution is 2.21. The fraction of sp³-hybridized carbons (Fsp3) is 0.143. The number of aromatic nitrogens is 3. The van der Waals surface area contributed by atoms with E-state index in [0.717, 1.165) is 28.3 Å². The molecular weight excluding hydrogens is 288 g/mol. The fourth-order valence-corrected chi connectivity index (χ4v) is 2.78. The van der Waals surface area contributed by atoms with Crippen molar-refractivity contribution in [2.75, 3.05) is 5.32 Å². The first kappa shape index (κ1) is 13.4. The Balaban J connectivity index is 1.98. The van der Waals surface area contributed by atoms with Gasteiger partial charge in [-0.05, 0) is 37.0 Å². The van der Waals surface area contributed by atoms with Gasteiger partial charge < -0.3 is 10.3 Å². The van der Waals surface area contributed by atoms with Crippen LogP contribution in [0.1, 0.15) is 20.8 Å². The summed E-state index contributed by atoms with van der Waals surface area (Å²) in [6.45, 7) is 3.92. The number of aryl methyl sites for hydroxylation is 2. The van der Waals surface area contributed by atoms with E-state index in [1.165, 1.54) is 6.33 Å². The molecule has 0 unspecified atom stereocenters. The predicted molar refractivity (Wildman–Crippen MR) is 81.9 cm³/mol. The molecule has 2 aromatic heterocycles. The van der Waals surface area contributed by atoms with Gasteiger partial charge in [0.1, 0.15) is 10.4 Å². The second-order valence-corrected chi connectivity index (χ2v) is 5.49. The number of amides is 1. The van der Waals surface area contributed by atoms with E-state index in [0.29, 0.717) is 10.4 Å². The van der Waals surface area contributed by atoms with Crippen molar-refractivity contribution in [3.05, 3.63) is 50.9 Å². The molecule has 0 aliphatic rings. The molecule has 7 heteroatoms. The van der Waals surface area contributed by atoms with E-state index in [1.54, 1.807) is 0 Å². The maximum atomic E-state index is 12.3. The average Bonchev–Trinajstić information content (AvgIpc) is 2.87. The molecule has 6 nitrogen and oxygen atoms in total. The largest absolute Gasteiger partial charge is 0.321 e. The van der Waals surface area contributed by atoms with Gasteiger partial charge in [-0.25, -0.2) is 4.98 Å². The van der Waals surface area contributed by atoms with Crippen LogP contribution >= 0.6 is 11.5 Å². The lowest BCUT2D eigenvalue weighted by molar-refractivity contribution is 0.103. The Hall–Kier alpha value is -2.54. The number of H-pyrrole nitrogens is 1. The molecule has 1 aromatic carbocycles. The van der Waals surface area contributed by atoms with Crippen LogP contribution in [0.25, 0.3) is 11.0 Å². The van der Waals surface area contributed by atoms with Gasteiger partial charge in [0.05, 0.1) is 6.33 Å². The first-order valence-electron chi connectivity index (χ1n) is 6.28. The van der Waals surface area contributed by atoms with Gasteiger partial charge in [0.25, 0.3) is 11.5 Å². The Morgan fingerprint density at radius 2 is 2.10 bits per heavy atom. The number of hydrogen-bond acceptors (Lipinski definition) is 5. The van der Waals surface area contributed by atoms with Gasteiger partial charge in [-0.15, -0.1) is 0 Å². The van der Waals surface area contributed by atoms with Crippen molar-refractivity contribution in [1.29, 1.82) is 0 Å². The van der Waals surface area contributed by atoms with Gasteiger partial charge in [0.2, 0.25) is 0 Å². The molecule has 0 radical (unpaired) electrons. The second-order valence-electron chi connectivity index (χ2n) is 4.71. The number of nitrogens with one attached hydrogen (secondary N) is 2. The highest BCUT2D eigenvalue weighted by atomic mass is 32.1. The lowest BCUT2D eigenvalue weighted by atomic mass is 10.1. The van der Waals surface area contributed by atoms with Crippen molar-refractivity contribution < 1.29 is 4.79 Å². The number of aromatic amines is 1. The van der Waals surface area contributed by atoms with Gasteiger partial charge >= 0.3 is 0 Å². The molecule has 3 aromatic rings. The number of carbonyl (C=O) groups is 1. The molecule has 0 fully saturated rings. The summed E-state index contributed by atoms with van der Waals surface area (Å²) in [6.07, 6.45) is 1.27. The van der Waals surface area contributed by atoms with Crippen LogP contribution in [0.4, 0.5) is 5.69 Å². The summed E-state index contributed by atoms with van der Waals surface area (Å²) in [5, 5.41) is 2.83. The van der Waals surface area contributed by atoms with Gasteiger partial charge in [0, 0.05) is 5.69 Å². The number of fused-ring (bicyclic) bond motifs is 1. The van der Waals surface area contributed by atoms with E-state index in [9.17, 15) is 9.59 Å². The Morgan fingerprint density at radius 3 is 2.86 bits per heavy atom. The molecule has 3 rings (SSSR count). The smallest absolute Gasteiger partial charge is 0.278 e. The van der Waals surface area contributed by atoms with Gasteiger partial charge in [-0.2, -0.15) is 4.37 Å².